The standard InChI is InChI=1S/C8H15IN2O/c1-7(12)10(2)8-3-5-11(9)6-4-8/h8H,3-6H2,1-2H3. The van der Waals surface area contributed by atoms with Crippen LogP contribution in [0.1, 0.15) is 19.8 Å². The third kappa shape index (κ3) is 2.58. The molecular formula is C8H15IN2O. The number of amides is 1. The maximum absolute atomic E-state index is 11.0. The normalized spacial score (nSPS) is 20.9. The van der Waals surface area contributed by atoms with Crippen molar-refractivity contribution in [1.82, 2.24) is 8.01 Å². The van der Waals surface area contributed by atoms with E-state index >= 15 is 0 Å². The van der Waals surface area contributed by atoms with Crippen molar-refractivity contribution < 1.29 is 4.79 Å². The van der Waals surface area contributed by atoms with Crippen molar-refractivity contribution >= 4 is 28.8 Å². The number of hydrogen-bond donors (Lipinski definition) is 0. The summed E-state index contributed by atoms with van der Waals surface area (Å²) in [4.78, 5) is 12.9. The van der Waals surface area contributed by atoms with Crippen LogP contribution in [0.15, 0.2) is 0 Å². The molecule has 0 unspecified atom stereocenters. The van der Waals surface area contributed by atoms with E-state index in [0.29, 0.717) is 6.04 Å². The highest BCUT2D eigenvalue weighted by Gasteiger charge is 2.22. The molecule has 1 heterocycles. The topological polar surface area (TPSA) is 23.6 Å². The van der Waals surface area contributed by atoms with E-state index in [1.165, 1.54) is 0 Å². The molecule has 4 heteroatoms. The second-order valence-corrected chi connectivity index (χ2v) is 4.64. The first-order valence-electron chi connectivity index (χ1n) is 4.25. The van der Waals surface area contributed by atoms with E-state index in [1.807, 2.05) is 11.9 Å². The fourth-order valence-electron chi connectivity index (χ4n) is 1.48. The molecule has 12 heavy (non-hydrogen) atoms. The summed E-state index contributed by atoms with van der Waals surface area (Å²) in [5, 5.41) is 0. The Hall–Kier alpha value is 0.160. The molecule has 1 aliphatic heterocycles. The first-order valence-corrected chi connectivity index (χ1v) is 5.22. The predicted molar refractivity (Wildman–Crippen MR) is 57.1 cm³/mol. The molecule has 0 aromatic carbocycles. The minimum atomic E-state index is 0.182. The molecule has 0 aromatic rings. The van der Waals surface area contributed by atoms with Gasteiger partial charge in [0.25, 0.3) is 0 Å². The van der Waals surface area contributed by atoms with Crippen molar-refractivity contribution in [2.75, 3.05) is 20.1 Å². The average molecular weight is 282 g/mol. The zero-order valence-corrected chi connectivity index (χ0v) is 9.74. The molecule has 1 saturated heterocycles. The molecule has 1 rings (SSSR count). The van der Waals surface area contributed by atoms with Gasteiger partial charge in [0.2, 0.25) is 5.91 Å². The summed E-state index contributed by atoms with van der Waals surface area (Å²) in [5.41, 5.74) is 0. The SMILES string of the molecule is CC(=O)N(C)C1CCN(I)CC1. The van der Waals surface area contributed by atoms with E-state index in [4.69, 9.17) is 0 Å². The number of carbonyl (C=O) groups is 1. The lowest BCUT2D eigenvalue weighted by atomic mass is 10.1. The Bertz CT molecular complexity index is 166. The van der Waals surface area contributed by atoms with E-state index in [2.05, 4.69) is 26.0 Å². The van der Waals surface area contributed by atoms with E-state index < -0.39 is 0 Å². The summed E-state index contributed by atoms with van der Waals surface area (Å²) in [6.07, 6.45) is 2.22. The monoisotopic (exact) mass is 282 g/mol. The van der Waals surface area contributed by atoms with E-state index in [-0.39, 0.29) is 5.91 Å². The molecule has 1 amide bonds. The van der Waals surface area contributed by atoms with Gasteiger partial charge >= 0.3 is 0 Å². The summed E-state index contributed by atoms with van der Waals surface area (Å²) in [6.45, 7) is 3.84. The maximum atomic E-state index is 11.0. The van der Waals surface area contributed by atoms with Gasteiger partial charge in [-0.2, -0.15) is 0 Å². The van der Waals surface area contributed by atoms with Crippen molar-refractivity contribution in [3.8, 4) is 0 Å². The Morgan fingerprint density at radius 2 is 2.00 bits per heavy atom. The molecule has 0 aromatic heterocycles. The number of hydrogen-bond acceptors (Lipinski definition) is 2. The number of halogens is 1. The number of piperidine rings is 1. The summed E-state index contributed by atoms with van der Waals surface area (Å²) in [6, 6.07) is 0.466. The highest BCUT2D eigenvalue weighted by Crippen LogP contribution is 2.17. The zero-order valence-electron chi connectivity index (χ0n) is 7.59. The van der Waals surface area contributed by atoms with Crippen molar-refractivity contribution in [3.05, 3.63) is 0 Å². The molecular weight excluding hydrogens is 267 g/mol. The predicted octanol–water partition coefficient (Wildman–Crippen LogP) is 1.28. The number of nitrogens with zero attached hydrogens (tertiary/aromatic N) is 2. The zero-order chi connectivity index (χ0) is 9.14. The van der Waals surface area contributed by atoms with Gasteiger partial charge in [0.1, 0.15) is 0 Å². The van der Waals surface area contributed by atoms with Crippen molar-refractivity contribution in [2.24, 2.45) is 0 Å². The molecule has 0 saturated carbocycles. The van der Waals surface area contributed by atoms with Crippen LogP contribution < -0.4 is 0 Å². The van der Waals surface area contributed by atoms with Gasteiger partial charge in [-0.15, -0.1) is 0 Å². The van der Waals surface area contributed by atoms with Crippen molar-refractivity contribution in [3.63, 3.8) is 0 Å². The largest absolute Gasteiger partial charge is 0.343 e. The van der Waals surface area contributed by atoms with Crippen LogP contribution in [-0.2, 0) is 4.79 Å². The Balaban J connectivity index is 2.39. The van der Waals surface area contributed by atoms with Gasteiger partial charge in [-0.3, -0.25) is 4.79 Å². The number of carbonyl (C=O) groups excluding carboxylic acids is 1. The van der Waals surface area contributed by atoms with Crippen LogP contribution in [0.4, 0.5) is 0 Å². The molecule has 0 bridgehead atoms. The van der Waals surface area contributed by atoms with E-state index in [9.17, 15) is 4.79 Å². The van der Waals surface area contributed by atoms with Crippen LogP contribution in [-0.4, -0.2) is 40.1 Å². The average Bonchev–Trinajstić information content (AvgIpc) is 2.04. The Morgan fingerprint density at radius 1 is 1.50 bits per heavy atom. The van der Waals surface area contributed by atoms with Gasteiger partial charge in [-0.05, 0) is 12.8 Å². The first kappa shape index (κ1) is 10.2. The van der Waals surface area contributed by atoms with Gasteiger partial charge < -0.3 is 4.90 Å². The Labute approximate surface area is 87.6 Å². The van der Waals surface area contributed by atoms with Crippen LogP contribution in [0.2, 0.25) is 0 Å². The van der Waals surface area contributed by atoms with Gasteiger partial charge in [0.15, 0.2) is 0 Å². The summed E-state index contributed by atoms with van der Waals surface area (Å²) >= 11 is 2.34. The highest BCUT2D eigenvalue weighted by atomic mass is 127. The Morgan fingerprint density at radius 3 is 2.42 bits per heavy atom. The molecule has 1 aliphatic rings. The quantitative estimate of drug-likeness (QED) is 0.534. The van der Waals surface area contributed by atoms with E-state index in [0.717, 1.165) is 25.9 Å². The van der Waals surface area contributed by atoms with Crippen LogP contribution >= 0.6 is 22.9 Å². The molecule has 0 radical (unpaired) electrons. The molecule has 0 aliphatic carbocycles. The molecule has 1 fully saturated rings. The maximum Gasteiger partial charge on any atom is 0.219 e. The Kier molecular flexibility index (Phi) is 3.77. The lowest BCUT2D eigenvalue weighted by Crippen LogP contribution is -2.42. The van der Waals surface area contributed by atoms with Crippen molar-refractivity contribution in [2.45, 2.75) is 25.8 Å². The third-order valence-corrected chi connectivity index (χ3v) is 3.42. The molecule has 0 spiro atoms. The highest BCUT2D eigenvalue weighted by molar-refractivity contribution is 14.1. The molecule has 0 N–H and O–H groups in total. The molecule has 0 atom stereocenters. The lowest BCUT2D eigenvalue weighted by Gasteiger charge is -2.33. The van der Waals surface area contributed by atoms with Gasteiger partial charge in [0.05, 0.1) is 0 Å². The minimum absolute atomic E-state index is 0.182. The summed E-state index contributed by atoms with van der Waals surface area (Å²) in [5.74, 6) is 0.182. The molecule has 70 valence electrons. The van der Waals surface area contributed by atoms with Crippen LogP contribution in [0.25, 0.3) is 0 Å². The second-order valence-electron chi connectivity index (χ2n) is 3.27. The fraction of sp³-hybridized carbons (Fsp3) is 0.875. The minimum Gasteiger partial charge on any atom is -0.343 e. The number of rotatable bonds is 1. The lowest BCUT2D eigenvalue weighted by molar-refractivity contribution is -0.130. The van der Waals surface area contributed by atoms with Crippen molar-refractivity contribution in [1.29, 1.82) is 0 Å². The fourth-order valence-corrected chi connectivity index (χ4v) is 2.04. The van der Waals surface area contributed by atoms with Crippen LogP contribution in [0.3, 0.4) is 0 Å². The van der Waals surface area contributed by atoms with Crippen LogP contribution in [0, 0.1) is 0 Å². The van der Waals surface area contributed by atoms with Gasteiger partial charge in [0, 0.05) is 56.0 Å². The first-order chi connectivity index (χ1) is 5.61. The second kappa shape index (κ2) is 4.41. The summed E-state index contributed by atoms with van der Waals surface area (Å²) < 4.78 is 2.28. The smallest absolute Gasteiger partial charge is 0.219 e. The van der Waals surface area contributed by atoms with Gasteiger partial charge in [-0.25, -0.2) is 3.11 Å². The third-order valence-electron chi connectivity index (χ3n) is 2.45. The molecule has 3 nitrogen and oxygen atoms in total. The van der Waals surface area contributed by atoms with Gasteiger partial charge in [-0.1, -0.05) is 0 Å². The summed E-state index contributed by atoms with van der Waals surface area (Å²) in [7, 11) is 1.90. The van der Waals surface area contributed by atoms with Crippen LogP contribution in [0.5, 0.6) is 0 Å². The van der Waals surface area contributed by atoms with E-state index in [1.54, 1.807) is 6.92 Å².